The lowest BCUT2D eigenvalue weighted by molar-refractivity contribution is 0.0875. The summed E-state index contributed by atoms with van der Waals surface area (Å²) in [6, 6.07) is 0.571. The first-order chi connectivity index (χ1) is 9.74. The van der Waals surface area contributed by atoms with Crippen LogP contribution in [0.1, 0.15) is 50.9 Å². The van der Waals surface area contributed by atoms with E-state index in [1.807, 2.05) is 6.33 Å². The third-order valence-electron chi connectivity index (χ3n) is 5.71. The molecule has 3 heterocycles. The Morgan fingerprint density at radius 2 is 2.05 bits per heavy atom. The minimum atomic E-state index is 0.571. The largest absolute Gasteiger partial charge is 0.347 e. The van der Waals surface area contributed by atoms with Crippen molar-refractivity contribution in [3.05, 3.63) is 17.7 Å². The molecule has 1 fully saturated rings. The van der Waals surface area contributed by atoms with Gasteiger partial charge in [0.05, 0.1) is 17.7 Å². The number of nitrogens with one attached hydrogen (secondary N) is 2. The van der Waals surface area contributed by atoms with Crippen LogP contribution in [0, 0.1) is 5.41 Å². The van der Waals surface area contributed by atoms with Crippen molar-refractivity contribution in [3.8, 4) is 0 Å². The van der Waals surface area contributed by atoms with E-state index in [0.717, 1.165) is 13.0 Å². The van der Waals surface area contributed by atoms with Crippen LogP contribution < -0.4 is 5.32 Å². The van der Waals surface area contributed by atoms with Crippen molar-refractivity contribution in [1.82, 2.24) is 20.2 Å². The second-order valence-corrected chi connectivity index (χ2v) is 6.62. The number of aromatic nitrogens is 2. The fourth-order valence-corrected chi connectivity index (χ4v) is 3.84. The standard InChI is InChI=1S/C16H28N4/c1-3-16(4-2)5-7-20(8-6-16)11-13-9-14-15(10-17-13)19-12-18-14/h12-13,17H,3-11H2,1-2H3,(H,18,19). The maximum atomic E-state index is 4.44. The van der Waals surface area contributed by atoms with Gasteiger partial charge in [-0.2, -0.15) is 0 Å². The molecule has 0 radical (unpaired) electrons. The molecule has 0 saturated carbocycles. The zero-order chi connectivity index (χ0) is 14.0. The monoisotopic (exact) mass is 276 g/mol. The SMILES string of the molecule is CCC1(CC)CCN(CC2Cc3nc[nH]c3CN2)CC1. The fourth-order valence-electron chi connectivity index (χ4n) is 3.84. The molecule has 112 valence electrons. The topological polar surface area (TPSA) is 44.0 Å². The summed E-state index contributed by atoms with van der Waals surface area (Å²) >= 11 is 0. The molecule has 20 heavy (non-hydrogen) atoms. The lowest BCUT2D eigenvalue weighted by Gasteiger charge is -2.42. The van der Waals surface area contributed by atoms with E-state index in [9.17, 15) is 0 Å². The van der Waals surface area contributed by atoms with E-state index in [1.165, 1.54) is 56.7 Å². The van der Waals surface area contributed by atoms with Gasteiger partial charge in [0, 0.05) is 25.6 Å². The van der Waals surface area contributed by atoms with Gasteiger partial charge >= 0.3 is 0 Å². The molecule has 1 unspecified atom stereocenters. The highest BCUT2D eigenvalue weighted by molar-refractivity contribution is 5.16. The smallest absolute Gasteiger partial charge is 0.0925 e. The molecule has 4 nitrogen and oxygen atoms in total. The van der Waals surface area contributed by atoms with Crippen LogP contribution in [0.2, 0.25) is 0 Å². The molecule has 4 heteroatoms. The quantitative estimate of drug-likeness (QED) is 0.887. The summed E-state index contributed by atoms with van der Waals surface area (Å²) in [5, 5.41) is 3.64. The van der Waals surface area contributed by atoms with Crippen molar-refractivity contribution in [2.24, 2.45) is 5.41 Å². The summed E-state index contributed by atoms with van der Waals surface area (Å²) in [4.78, 5) is 10.3. The van der Waals surface area contributed by atoms with E-state index in [2.05, 4.69) is 34.0 Å². The zero-order valence-electron chi connectivity index (χ0n) is 12.9. The van der Waals surface area contributed by atoms with Crippen LogP contribution in [0.4, 0.5) is 0 Å². The lowest BCUT2D eigenvalue weighted by Crippen LogP contribution is -2.48. The molecular weight excluding hydrogens is 248 g/mol. The normalized spacial score (nSPS) is 26.4. The molecule has 2 aliphatic heterocycles. The Morgan fingerprint density at radius 1 is 1.30 bits per heavy atom. The summed E-state index contributed by atoms with van der Waals surface area (Å²) < 4.78 is 0. The van der Waals surface area contributed by atoms with Gasteiger partial charge in [-0.15, -0.1) is 0 Å². The van der Waals surface area contributed by atoms with Crippen LogP contribution >= 0.6 is 0 Å². The summed E-state index contributed by atoms with van der Waals surface area (Å²) in [7, 11) is 0. The summed E-state index contributed by atoms with van der Waals surface area (Å²) in [6.45, 7) is 9.39. The minimum absolute atomic E-state index is 0.571. The Hall–Kier alpha value is -0.870. The van der Waals surface area contributed by atoms with Crippen LogP contribution in [0.25, 0.3) is 0 Å². The van der Waals surface area contributed by atoms with Crippen LogP contribution in [0.5, 0.6) is 0 Å². The van der Waals surface area contributed by atoms with Gasteiger partial charge < -0.3 is 15.2 Å². The van der Waals surface area contributed by atoms with E-state index in [0.29, 0.717) is 11.5 Å². The molecule has 0 amide bonds. The number of rotatable bonds is 4. The predicted molar refractivity (Wildman–Crippen MR) is 81.6 cm³/mol. The van der Waals surface area contributed by atoms with E-state index in [4.69, 9.17) is 0 Å². The third kappa shape index (κ3) is 2.77. The Labute approximate surface area is 122 Å². The van der Waals surface area contributed by atoms with Gasteiger partial charge in [0.25, 0.3) is 0 Å². The van der Waals surface area contributed by atoms with E-state index < -0.39 is 0 Å². The van der Waals surface area contributed by atoms with E-state index >= 15 is 0 Å². The van der Waals surface area contributed by atoms with Crippen molar-refractivity contribution in [2.45, 2.75) is 58.5 Å². The highest BCUT2D eigenvalue weighted by atomic mass is 15.2. The number of likely N-dealkylation sites (tertiary alicyclic amines) is 1. The number of H-pyrrole nitrogens is 1. The molecule has 2 aliphatic rings. The summed E-state index contributed by atoms with van der Waals surface area (Å²) in [5.41, 5.74) is 3.17. The first-order valence-electron chi connectivity index (χ1n) is 8.21. The lowest BCUT2D eigenvalue weighted by atomic mass is 9.74. The molecule has 2 N–H and O–H groups in total. The molecule has 0 aromatic carbocycles. The Kier molecular flexibility index (Phi) is 4.13. The number of hydrogen-bond donors (Lipinski definition) is 2. The van der Waals surface area contributed by atoms with Crippen LogP contribution in [-0.4, -0.2) is 40.5 Å². The van der Waals surface area contributed by atoms with Crippen LogP contribution in [0.15, 0.2) is 6.33 Å². The second-order valence-electron chi connectivity index (χ2n) is 6.62. The van der Waals surface area contributed by atoms with E-state index in [-0.39, 0.29) is 0 Å². The van der Waals surface area contributed by atoms with Gasteiger partial charge in [0.1, 0.15) is 0 Å². The van der Waals surface area contributed by atoms with Gasteiger partial charge in [0.15, 0.2) is 0 Å². The molecule has 0 spiro atoms. The Bertz CT molecular complexity index is 425. The number of imidazole rings is 1. The molecule has 0 bridgehead atoms. The van der Waals surface area contributed by atoms with Crippen molar-refractivity contribution in [3.63, 3.8) is 0 Å². The molecular formula is C16H28N4. The van der Waals surface area contributed by atoms with Crippen LogP contribution in [0.3, 0.4) is 0 Å². The summed E-state index contributed by atoms with van der Waals surface area (Å²) in [6.07, 6.45) is 8.33. The molecule has 0 aliphatic carbocycles. The number of nitrogens with zero attached hydrogens (tertiary/aromatic N) is 2. The third-order valence-corrected chi connectivity index (χ3v) is 5.71. The first-order valence-corrected chi connectivity index (χ1v) is 8.21. The van der Waals surface area contributed by atoms with Crippen molar-refractivity contribution >= 4 is 0 Å². The molecule has 3 rings (SSSR count). The zero-order valence-corrected chi connectivity index (χ0v) is 12.9. The number of fused-ring (bicyclic) bond motifs is 1. The minimum Gasteiger partial charge on any atom is -0.347 e. The maximum absolute atomic E-state index is 4.44. The highest BCUT2D eigenvalue weighted by Gasteiger charge is 2.32. The molecule has 1 saturated heterocycles. The first kappa shape index (κ1) is 14.1. The van der Waals surface area contributed by atoms with Crippen molar-refractivity contribution in [1.29, 1.82) is 0 Å². The van der Waals surface area contributed by atoms with Crippen molar-refractivity contribution in [2.75, 3.05) is 19.6 Å². The van der Waals surface area contributed by atoms with Gasteiger partial charge in [-0.1, -0.05) is 26.7 Å². The Balaban J connectivity index is 1.51. The van der Waals surface area contributed by atoms with Gasteiger partial charge in [0.2, 0.25) is 0 Å². The van der Waals surface area contributed by atoms with Crippen molar-refractivity contribution < 1.29 is 0 Å². The predicted octanol–water partition coefficient (Wildman–Crippen LogP) is 2.33. The highest BCUT2D eigenvalue weighted by Crippen LogP contribution is 2.37. The Morgan fingerprint density at radius 3 is 2.75 bits per heavy atom. The number of aromatic amines is 1. The van der Waals surface area contributed by atoms with Gasteiger partial charge in [-0.25, -0.2) is 4.98 Å². The van der Waals surface area contributed by atoms with Crippen LogP contribution in [-0.2, 0) is 13.0 Å². The number of piperidine rings is 1. The average Bonchev–Trinajstić information content (AvgIpc) is 2.96. The van der Waals surface area contributed by atoms with Gasteiger partial charge in [-0.05, 0) is 31.3 Å². The molecule has 1 aromatic rings. The fraction of sp³-hybridized carbons (Fsp3) is 0.812. The van der Waals surface area contributed by atoms with Gasteiger partial charge in [-0.3, -0.25) is 0 Å². The molecule has 1 aromatic heterocycles. The second kappa shape index (κ2) is 5.86. The van der Waals surface area contributed by atoms with E-state index in [1.54, 1.807) is 0 Å². The average molecular weight is 276 g/mol. The maximum Gasteiger partial charge on any atom is 0.0925 e. The summed E-state index contributed by atoms with van der Waals surface area (Å²) in [5.74, 6) is 0. The number of hydrogen-bond acceptors (Lipinski definition) is 3. The molecule has 1 atom stereocenters.